The van der Waals surface area contributed by atoms with Crippen LogP contribution in [-0.2, 0) is 30.6 Å². The molecule has 2 aromatic carbocycles. The molecule has 0 saturated carbocycles. The smallest absolute Gasteiger partial charge is 0.307 e. The summed E-state index contributed by atoms with van der Waals surface area (Å²) in [7, 11) is -3.64. The van der Waals surface area contributed by atoms with E-state index in [2.05, 4.69) is 21.2 Å². The largest absolute Gasteiger partial charge is 0.456 e. The highest BCUT2D eigenvalue weighted by atomic mass is 79.9. The zero-order valence-electron chi connectivity index (χ0n) is 15.1. The fourth-order valence-corrected chi connectivity index (χ4v) is 4.12. The van der Waals surface area contributed by atoms with Crippen LogP contribution in [0.5, 0.6) is 0 Å². The Morgan fingerprint density at radius 2 is 1.82 bits per heavy atom. The van der Waals surface area contributed by atoms with E-state index in [1.807, 2.05) is 13.0 Å². The van der Waals surface area contributed by atoms with Crippen LogP contribution in [0, 0.1) is 0 Å². The summed E-state index contributed by atoms with van der Waals surface area (Å²) >= 11 is 9.10. The minimum atomic E-state index is -3.64. The van der Waals surface area contributed by atoms with Crippen molar-refractivity contribution in [1.29, 1.82) is 0 Å². The van der Waals surface area contributed by atoms with Crippen LogP contribution in [0.15, 0.2) is 51.8 Å². The van der Waals surface area contributed by atoms with Crippen molar-refractivity contribution in [2.75, 3.05) is 17.7 Å². The van der Waals surface area contributed by atoms with Crippen LogP contribution >= 0.6 is 27.5 Å². The van der Waals surface area contributed by atoms with E-state index < -0.39 is 34.1 Å². The van der Waals surface area contributed by atoms with Gasteiger partial charge in [-0.1, -0.05) is 34.5 Å². The molecule has 1 N–H and O–H groups in total. The van der Waals surface area contributed by atoms with Crippen molar-refractivity contribution in [3.63, 3.8) is 0 Å². The van der Waals surface area contributed by atoms with Gasteiger partial charge in [-0.05, 0) is 54.4 Å². The molecule has 6 nitrogen and oxygen atoms in total. The van der Waals surface area contributed by atoms with E-state index >= 15 is 0 Å². The molecule has 1 amide bonds. The summed E-state index contributed by atoms with van der Waals surface area (Å²) in [5.74, 6) is -1.67. The Bertz CT molecular complexity index is 961. The first-order chi connectivity index (χ1) is 13.2. The Morgan fingerprint density at radius 1 is 1.14 bits per heavy atom. The van der Waals surface area contributed by atoms with Crippen molar-refractivity contribution in [3.8, 4) is 0 Å². The van der Waals surface area contributed by atoms with Gasteiger partial charge in [0.2, 0.25) is 0 Å². The van der Waals surface area contributed by atoms with Crippen LogP contribution in [0.1, 0.15) is 18.9 Å². The maximum absolute atomic E-state index is 12.2. The normalized spacial score (nSPS) is 11.1. The number of carbonyl (C=O) groups excluding carboxylic acids is 2. The Labute approximate surface area is 177 Å². The average molecular weight is 489 g/mol. The highest BCUT2D eigenvalue weighted by Gasteiger charge is 2.18. The predicted molar refractivity (Wildman–Crippen MR) is 111 cm³/mol. The molecule has 2 aromatic rings. The minimum Gasteiger partial charge on any atom is -0.456 e. The van der Waals surface area contributed by atoms with Crippen LogP contribution < -0.4 is 5.32 Å². The number of rotatable bonds is 8. The standard InChI is InChI=1S/C19H19BrClNO5S/c1-2-13-11-14(20)3-8-17(13)22-18(23)12-27-19(24)9-10-28(25,26)16-6-4-15(21)5-7-16/h3-8,11H,2,9-10,12H2,1H3,(H,22,23). The van der Waals surface area contributed by atoms with E-state index in [0.29, 0.717) is 10.7 Å². The molecule has 0 radical (unpaired) electrons. The van der Waals surface area contributed by atoms with E-state index in [0.717, 1.165) is 16.5 Å². The summed E-state index contributed by atoms with van der Waals surface area (Å²) in [5.41, 5.74) is 1.57. The third-order valence-electron chi connectivity index (χ3n) is 3.83. The van der Waals surface area contributed by atoms with Crippen molar-refractivity contribution >= 4 is 54.9 Å². The van der Waals surface area contributed by atoms with Gasteiger partial charge < -0.3 is 10.1 Å². The topological polar surface area (TPSA) is 89.5 Å². The molecule has 0 aromatic heterocycles. The molecule has 0 heterocycles. The summed E-state index contributed by atoms with van der Waals surface area (Å²) in [6.07, 6.45) is 0.369. The van der Waals surface area contributed by atoms with Crippen LogP contribution in [0.2, 0.25) is 5.02 Å². The molecule has 2 rings (SSSR count). The zero-order valence-corrected chi connectivity index (χ0v) is 18.2. The lowest BCUT2D eigenvalue weighted by Crippen LogP contribution is -2.22. The van der Waals surface area contributed by atoms with Crippen molar-refractivity contribution in [3.05, 3.63) is 57.5 Å². The van der Waals surface area contributed by atoms with Gasteiger partial charge in [0.25, 0.3) is 5.91 Å². The summed E-state index contributed by atoms with van der Waals surface area (Å²) < 4.78 is 30.2. The summed E-state index contributed by atoms with van der Waals surface area (Å²) in [6.45, 7) is 1.47. The van der Waals surface area contributed by atoms with E-state index in [1.165, 1.54) is 24.3 Å². The molecule has 0 spiro atoms. The van der Waals surface area contributed by atoms with Crippen molar-refractivity contribution in [1.82, 2.24) is 0 Å². The lowest BCUT2D eigenvalue weighted by atomic mass is 10.1. The predicted octanol–water partition coefficient (Wildman–Crippen LogP) is 4.01. The van der Waals surface area contributed by atoms with E-state index in [1.54, 1.807) is 12.1 Å². The Balaban J connectivity index is 1.83. The first-order valence-corrected chi connectivity index (χ1v) is 11.3. The number of aryl methyl sites for hydroxylation is 1. The number of hydrogen-bond donors (Lipinski definition) is 1. The van der Waals surface area contributed by atoms with Crippen LogP contribution in [-0.4, -0.2) is 32.7 Å². The SMILES string of the molecule is CCc1cc(Br)ccc1NC(=O)COC(=O)CCS(=O)(=O)c1ccc(Cl)cc1. The quantitative estimate of drug-likeness (QED) is 0.567. The van der Waals surface area contributed by atoms with Gasteiger partial charge in [0.1, 0.15) is 0 Å². The third-order valence-corrected chi connectivity index (χ3v) is 6.31. The molecule has 28 heavy (non-hydrogen) atoms. The number of nitrogens with one attached hydrogen (secondary N) is 1. The molecular weight excluding hydrogens is 470 g/mol. The lowest BCUT2D eigenvalue weighted by molar-refractivity contribution is -0.146. The molecule has 0 aliphatic rings. The number of anilines is 1. The highest BCUT2D eigenvalue weighted by Crippen LogP contribution is 2.21. The van der Waals surface area contributed by atoms with Gasteiger partial charge in [0.15, 0.2) is 16.4 Å². The molecule has 0 aliphatic heterocycles. The second-order valence-corrected chi connectivity index (χ2v) is 9.35. The van der Waals surface area contributed by atoms with Crippen molar-refractivity contribution in [2.24, 2.45) is 0 Å². The second-order valence-electron chi connectivity index (χ2n) is 5.89. The van der Waals surface area contributed by atoms with Gasteiger partial charge in [-0.15, -0.1) is 0 Å². The molecule has 0 bridgehead atoms. The van der Waals surface area contributed by atoms with Gasteiger partial charge in [0.05, 0.1) is 17.1 Å². The van der Waals surface area contributed by atoms with Gasteiger partial charge in [-0.2, -0.15) is 0 Å². The maximum Gasteiger partial charge on any atom is 0.307 e. The van der Waals surface area contributed by atoms with Crippen molar-refractivity contribution < 1.29 is 22.7 Å². The minimum absolute atomic E-state index is 0.0739. The molecule has 0 fully saturated rings. The molecule has 0 aliphatic carbocycles. The van der Waals surface area contributed by atoms with Crippen LogP contribution in [0.3, 0.4) is 0 Å². The van der Waals surface area contributed by atoms with E-state index in [4.69, 9.17) is 16.3 Å². The van der Waals surface area contributed by atoms with E-state index in [9.17, 15) is 18.0 Å². The van der Waals surface area contributed by atoms with Crippen molar-refractivity contribution in [2.45, 2.75) is 24.7 Å². The number of ether oxygens (including phenoxy) is 1. The van der Waals surface area contributed by atoms with Gasteiger partial charge in [0, 0.05) is 15.2 Å². The summed E-state index contributed by atoms with van der Waals surface area (Å²) in [6, 6.07) is 11.1. The molecule has 150 valence electrons. The van der Waals surface area contributed by atoms with Crippen LogP contribution in [0.25, 0.3) is 0 Å². The lowest BCUT2D eigenvalue weighted by Gasteiger charge is -2.11. The molecule has 0 saturated heterocycles. The molecule has 0 unspecified atom stereocenters. The van der Waals surface area contributed by atoms with Crippen LogP contribution in [0.4, 0.5) is 5.69 Å². The molecule has 0 atom stereocenters. The van der Waals surface area contributed by atoms with Gasteiger partial charge in [-0.25, -0.2) is 8.42 Å². The van der Waals surface area contributed by atoms with E-state index in [-0.39, 0.29) is 11.3 Å². The number of esters is 1. The fourth-order valence-electron chi connectivity index (χ4n) is 2.36. The number of halogens is 2. The summed E-state index contributed by atoms with van der Waals surface area (Å²) in [4.78, 5) is 23.9. The number of amides is 1. The fraction of sp³-hybridized carbons (Fsp3) is 0.263. The first kappa shape index (κ1) is 22.4. The molecule has 9 heteroatoms. The maximum atomic E-state index is 12.2. The summed E-state index contributed by atoms with van der Waals surface area (Å²) in [5, 5.41) is 3.10. The Hall–Kier alpha value is -1.90. The zero-order chi connectivity index (χ0) is 20.7. The number of benzene rings is 2. The third kappa shape index (κ3) is 6.61. The number of sulfone groups is 1. The Morgan fingerprint density at radius 3 is 2.46 bits per heavy atom. The first-order valence-electron chi connectivity index (χ1n) is 8.43. The average Bonchev–Trinajstić information content (AvgIpc) is 2.66. The Kier molecular flexibility index (Phi) is 8.03. The monoisotopic (exact) mass is 487 g/mol. The molecular formula is C19H19BrClNO5S. The number of hydrogen-bond acceptors (Lipinski definition) is 5. The number of carbonyl (C=O) groups is 2. The second kappa shape index (κ2) is 10.0. The van der Waals surface area contributed by atoms with Gasteiger partial charge >= 0.3 is 5.97 Å². The van der Waals surface area contributed by atoms with Gasteiger partial charge in [-0.3, -0.25) is 9.59 Å². The highest BCUT2D eigenvalue weighted by molar-refractivity contribution is 9.10.